The predicted octanol–water partition coefficient (Wildman–Crippen LogP) is 1.78. The highest BCUT2D eigenvalue weighted by Gasteiger charge is 2.25. The SMILES string of the molecule is CC1(NCCc2ccccn2)CCOCC1. The van der Waals surface area contributed by atoms with E-state index in [4.69, 9.17) is 4.74 Å². The van der Waals surface area contributed by atoms with E-state index in [1.165, 1.54) is 0 Å². The summed E-state index contributed by atoms with van der Waals surface area (Å²) in [5.74, 6) is 0. The lowest BCUT2D eigenvalue weighted by Crippen LogP contribution is -2.47. The fraction of sp³-hybridized carbons (Fsp3) is 0.615. The molecule has 1 saturated heterocycles. The van der Waals surface area contributed by atoms with Crippen LogP contribution < -0.4 is 5.32 Å². The van der Waals surface area contributed by atoms with Gasteiger partial charge in [0.2, 0.25) is 0 Å². The third-order valence-corrected chi connectivity index (χ3v) is 3.26. The van der Waals surface area contributed by atoms with Crippen LogP contribution in [0.3, 0.4) is 0 Å². The van der Waals surface area contributed by atoms with Gasteiger partial charge in [-0.25, -0.2) is 0 Å². The van der Waals surface area contributed by atoms with E-state index >= 15 is 0 Å². The van der Waals surface area contributed by atoms with Gasteiger partial charge in [-0.2, -0.15) is 0 Å². The molecule has 0 spiro atoms. The molecule has 16 heavy (non-hydrogen) atoms. The van der Waals surface area contributed by atoms with Gasteiger partial charge in [0.25, 0.3) is 0 Å². The van der Waals surface area contributed by atoms with Crippen molar-refractivity contribution in [2.75, 3.05) is 19.8 Å². The Hall–Kier alpha value is -0.930. The minimum atomic E-state index is 0.257. The third kappa shape index (κ3) is 3.29. The molecule has 0 bridgehead atoms. The molecule has 1 aromatic rings. The molecule has 1 aliphatic heterocycles. The smallest absolute Gasteiger partial charge is 0.0483 e. The van der Waals surface area contributed by atoms with Crippen molar-refractivity contribution in [3.05, 3.63) is 30.1 Å². The van der Waals surface area contributed by atoms with Crippen LogP contribution in [-0.2, 0) is 11.2 Å². The number of nitrogens with one attached hydrogen (secondary N) is 1. The summed E-state index contributed by atoms with van der Waals surface area (Å²) in [6.45, 7) is 5.04. The summed E-state index contributed by atoms with van der Waals surface area (Å²) in [5.41, 5.74) is 1.41. The lowest BCUT2D eigenvalue weighted by molar-refractivity contribution is 0.0456. The largest absolute Gasteiger partial charge is 0.381 e. The van der Waals surface area contributed by atoms with Crippen molar-refractivity contribution >= 4 is 0 Å². The molecular weight excluding hydrogens is 200 g/mol. The minimum Gasteiger partial charge on any atom is -0.381 e. The second-order valence-corrected chi connectivity index (χ2v) is 4.67. The zero-order valence-corrected chi connectivity index (χ0v) is 9.91. The molecule has 1 fully saturated rings. The van der Waals surface area contributed by atoms with Gasteiger partial charge in [-0.3, -0.25) is 4.98 Å². The van der Waals surface area contributed by atoms with E-state index in [1.807, 2.05) is 18.3 Å². The first-order valence-electron chi connectivity index (χ1n) is 6.01. The van der Waals surface area contributed by atoms with E-state index in [1.54, 1.807) is 0 Å². The highest BCUT2D eigenvalue weighted by atomic mass is 16.5. The first-order valence-corrected chi connectivity index (χ1v) is 6.01. The van der Waals surface area contributed by atoms with Gasteiger partial charge < -0.3 is 10.1 Å². The Morgan fingerprint density at radius 1 is 1.38 bits per heavy atom. The fourth-order valence-electron chi connectivity index (χ4n) is 2.04. The van der Waals surface area contributed by atoms with Crippen molar-refractivity contribution in [1.29, 1.82) is 0 Å². The normalized spacial score (nSPS) is 19.6. The molecule has 0 amide bonds. The molecule has 0 aromatic carbocycles. The number of ether oxygens (including phenoxy) is 1. The average Bonchev–Trinajstić information content (AvgIpc) is 2.31. The lowest BCUT2D eigenvalue weighted by atomic mass is 9.92. The van der Waals surface area contributed by atoms with Crippen LogP contribution in [0.2, 0.25) is 0 Å². The van der Waals surface area contributed by atoms with Gasteiger partial charge in [0.15, 0.2) is 0 Å². The topological polar surface area (TPSA) is 34.2 Å². The van der Waals surface area contributed by atoms with Gasteiger partial charge in [0, 0.05) is 43.6 Å². The maximum absolute atomic E-state index is 5.38. The molecular formula is C13H20N2O. The summed E-state index contributed by atoms with van der Waals surface area (Å²) in [4.78, 5) is 4.32. The first-order chi connectivity index (χ1) is 7.79. The van der Waals surface area contributed by atoms with Crippen molar-refractivity contribution in [3.63, 3.8) is 0 Å². The van der Waals surface area contributed by atoms with Crippen molar-refractivity contribution < 1.29 is 4.74 Å². The quantitative estimate of drug-likeness (QED) is 0.840. The van der Waals surface area contributed by atoms with Crippen LogP contribution in [0.15, 0.2) is 24.4 Å². The van der Waals surface area contributed by atoms with E-state index in [0.717, 1.165) is 44.7 Å². The maximum atomic E-state index is 5.38. The average molecular weight is 220 g/mol. The molecule has 1 N–H and O–H groups in total. The fourth-order valence-corrected chi connectivity index (χ4v) is 2.04. The number of nitrogens with zero attached hydrogens (tertiary/aromatic N) is 1. The van der Waals surface area contributed by atoms with Gasteiger partial charge >= 0.3 is 0 Å². The summed E-state index contributed by atoms with van der Waals surface area (Å²) in [7, 11) is 0. The Balaban J connectivity index is 1.75. The van der Waals surface area contributed by atoms with Gasteiger partial charge in [-0.05, 0) is 31.9 Å². The minimum absolute atomic E-state index is 0.257. The zero-order valence-electron chi connectivity index (χ0n) is 9.91. The van der Waals surface area contributed by atoms with Gasteiger partial charge in [0.1, 0.15) is 0 Å². The Bertz CT molecular complexity index is 307. The maximum Gasteiger partial charge on any atom is 0.0483 e. The van der Waals surface area contributed by atoms with E-state index in [9.17, 15) is 0 Å². The van der Waals surface area contributed by atoms with Crippen molar-refractivity contribution in [2.24, 2.45) is 0 Å². The molecule has 1 aromatic heterocycles. The summed E-state index contributed by atoms with van der Waals surface area (Å²) in [6, 6.07) is 6.07. The number of hydrogen-bond donors (Lipinski definition) is 1. The molecule has 0 atom stereocenters. The first kappa shape index (κ1) is 11.6. The summed E-state index contributed by atoms with van der Waals surface area (Å²) < 4.78 is 5.38. The van der Waals surface area contributed by atoms with Crippen LogP contribution in [-0.4, -0.2) is 30.3 Å². The van der Waals surface area contributed by atoms with Crippen molar-refractivity contribution in [2.45, 2.75) is 31.7 Å². The number of aromatic nitrogens is 1. The Labute approximate surface area is 97.2 Å². The van der Waals surface area contributed by atoms with Crippen LogP contribution in [0.1, 0.15) is 25.5 Å². The van der Waals surface area contributed by atoms with E-state index in [-0.39, 0.29) is 5.54 Å². The summed E-state index contributed by atoms with van der Waals surface area (Å²) >= 11 is 0. The Morgan fingerprint density at radius 2 is 2.19 bits per heavy atom. The monoisotopic (exact) mass is 220 g/mol. The third-order valence-electron chi connectivity index (χ3n) is 3.26. The molecule has 1 aliphatic rings. The molecule has 0 saturated carbocycles. The molecule has 88 valence electrons. The molecule has 0 aliphatic carbocycles. The lowest BCUT2D eigenvalue weighted by Gasteiger charge is -2.34. The number of pyridine rings is 1. The Kier molecular flexibility index (Phi) is 3.91. The van der Waals surface area contributed by atoms with E-state index < -0.39 is 0 Å². The van der Waals surface area contributed by atoms with Crippen molar-refractivity contribution in [3.8, 4) is 0 Å². The highest BCUT2D eigenvalue weighted by molar-refractivity contribution is 5.04. The van der Waals surface area contributed by atoms with Gasteiger partial charge in [-0.15, -0.1) is 0 Å². The summed E-state index contributed by atoms with van der Waals surface area (Å²) in [5, 5.41) is 3.63. The second-order valence-electron chi connectivity index (χ2n) is 4.67. The molecule has 0 unspecified atom stereocenters. The van der Waals surface area contributed by atoms with E-state index in [0.29, 0.717) is 0 Å². The van der Waals surface area contributed by atoms with Crippen LogP contribution in [0.25, 0.3) is 0 Å². The molecule has 3 nitrogen and oxygen atoms in total. The Morgan fingerprint density at radius 3 is 2.88 bits per heavy atom. The van der Waals surface area contributed by atoms with Crippen LogP contribution >= 0.6 is 0 Å². The van der Waals surface area contributed by atoms with Gasteiger partial charge in [0.05, 0.1) is 0 Å². The van der Waals surface area contributed by atoms with Crippen LogP contribution in [0.5, 0.6) is 0 Å². The predicted molar refractivity (Wildman–Crippen MR) is 64.4 cm³/mol. The molecule has 0 radical (unpaired) electrons. The summed E-state index contributed by atoms with van der Waals surface area (Å²) in [6.07, 6.45) is 5.06. The number of rotatable bonds is 4. The molecule has 2 heterocycles. The standard InChI is InChI=1S/C13H20N2O/c1-13(6-10-16-11-7-13)15-9-5-12-4-2-3-8-14-12/h2-4,8,15H,5-7,9-11H2,1H3. The van der Waals surface area contributed by atoms with Crippen molar-refractivity contribution in [1.82, 2.24) is 10.3 Å². The van der Waals surface area contributed by atoms with E-state index in [2.05, 4.69) is 23.3 Å². The van der Waals surface area contributed by atoms with Crippen LogP contribution in [0, 0.1) is 0 Å². The zero-order chi connectivity index (χ0) is 11.3. The second kappa shape index (κ2) is 5.41. The van der Waals surface area contributed by atoms with Gasteiger partial charge in [-0.1, -0.05) is 6.07 Å². The highest BCUT2D eigenvalue weighted by Crippen LogP contribution is 2.19. The number of hydrogen-bond acceptors (Lipinski definition) is 3. The molecule has 2 rings (SSSR count). The molecule has 3 heteroatoms. The van der Waals surface area contributed by atoms with Crippen LogP contribution in [0.4, 0.5) is 0 Å².